The van der Waals surface area contributed by atoms with Gasteiger partial charge in [0.15, 0.2) is 0 Å². The first-order chi connectivity index (χ1) is 5.36. The molecule has 2 N–H and O–H groups in total. The Balaban J connectivity index is 2.16. The third-order valence-electron chi connectivity index (χ3n) is 2.07. The Hall–Kier alpha value is -0.120. The van der Waals surface area contributed by atoms with Gasteiger partial charge in [0.2, 0.25) is 0 Å². The van der Waals surface area contributed by atoms with Gasteiger partial charge in [0.05, 0.1) is 6.17 Å². The zero-order valence-corrected chi connectivity index (χ0v) is 7.39. The van der Waals surface area contributed by atoms with E-state index in [1.54, 1.807) is 0 Å². The fourth-order valence-electron chi connectivity index (χ4n) is 1.34. The molecule has 2 unspecified atom stereocenters. The van der Waals surface area contributed by atoms with Crippen LogP contribution in [-0.4, -0.2) is 26.0 Å². The Morgan fingerprint density at radius 2 is 2.45 bits per heavy atom. The fourth-order valence-corrected chi connectivity index (χ4v) is 1.34. The smallest absolute Gasteiger partial charge is 0.109 e. The molecule has 1 aliphatic heterocycles. The summed E-state index contributed by atoms with van der Waals surface area (Å²) >= 11 is 0. The molecule has 3 nitrogen and oxygen atoms in total. The summed E-state index contributed by atoms with van der Waals surface area (Å²) in [6.45, 7) is 3.07. The highest BCUT2D eigenvalue weighted by Gasteiger charge is 2.17. The van der Waals surface area contributed by atoms with Gasteiger partial charge in [-0.2, -0.15) is 0 Å². The first-order valence-electron chi connectivity index (χ1n) is 4.41. The molecular weight excluding hydrogens is 140 g/mol. The molecule has 1 heterocycles. The van der Waals surface area contributed by atoms with Gasteiger partial charge >= 0.3 is 0 Å². The van der Waals surface area contributed by atoms with E-state index >= 15 is 0 Å². The van der Waals surface area contributed by atoms with Crippen LogP contribution in [0.5, 0.6) is 0 Å². The standard InChI is InChI=1S/C8H18N2O/c1-3-7(9-2)10-8-5-4-6-11-8/h7-10H,3-6H2,1-2H3. The minimum Gasteiger partial charge on any atom is -0.363 e. The van der Waals surface area contributed by atoms with Crippen molar-refractivity contribution in [2.75, 3.05) is 13.7 Å². The zero-order valence-electron chi connectivity index (χ0n) is 7.39. The average molecular weight is 158 g/mol. The minimum atomic E-state index is 0.285. The molecule has 1 rings (SSSR count). The van der Waals surface area contributed by atoms with Gasteiger partial charge in [-0.05, 0) is 26.3 Å². The maximum Gasteiger partial charge on any atom is 0.109 e. The highest BCUT2D eigenvalue weighted by Crippen LogP contribution is 2.09. The third kappa shape index (κ3) is 2.77. The third-order valence-corrected chi connectivity index (χ3v) is 2.07. The molecule has 1 fully saturated rings. The van der Waals surface area contributed by atoms with Crippen LogP contribution in [0, 0.1) is 0 Å². The monoisotopic (exact) mass is 158 g/mol. The second-order valence-electron chi connectivity index (χ2n) is 2.92. The summed E-state index contributed by atoms with van der Waals surface area (Å²) in [6.07, 6.45) is 4.12. The molecule has 2 atom stereocenters. The summed E-state index contributed by atoms with van der Waals surface area (Å²) in [4.78, 5) is 0. The lowest BCUT2D eigenvalue weighted by atomic mass is 10.3. The van der Waals surface area contributed by atoms with Crippen LogP contribution >= 0.6 is 0 Å². The number of hydrogen-bond donors (Lipinski definition) is 2. The molecule has 0 bridgehead atoms. The number of nitrogens with one attached hydrogen (secondary N) is 2. The first kappa shape index (κ1) is 8.97. The molecule has 0 amide bonds. The van der Waals surface area contributed by atoms with Crippen molar-refractivity contribution in [1.82, 2.24) is 10.6 Å². The summed E-state index contributed by atoms with van der Waals surface area (Å²) < 4.78 is 5.44. The molecule has 0 saturated carbocycles. The van der Waals surface area contributed by atoms with E-state index in [2.05, 4.69) is 17.6 Å². The van der Waals surface area contributed by atoms with Crippen LogP contribution in [0.25, 0.3) is 0 Å². The SMILES string of the molecule is CCC(NC)NC1CCCO1. The van der Waals surface area contributed by atoms with Crippen molar-refractivity contribution < 1.29 is 4.74 Å². The van der Waals surface area contributed by atoms with Gasteiger partial charge in [-0.25, -0.2) is 0 Å². The summed E-state index contributed by atoms with van der Waals surface area (Å²) in [5.41, 5.74) is 0. The van der Waals surface area contributed by atoms with Crippen molar-refractivity contribution in [3.05, 3.63) is 0 Å². The van der Waals surface area contributed by atoms with Crippen molar-refractivity contribution in [3.63, 3.8) is 0 Å². The van der Waals surface area contributed by atoms with Crippen LogP contribution in [0.15, 0.2) is 0 Å². The molecule has 0 spiro atoms. The Labute approximate surface area is 68.5 Å². The second-order valence-corrected chi connectivity index (χ2v) is 2.92. The van der Waals surface area contributed by atoms with Gasteiger partial charge in [-0.3, -0.25) is 5.32 Å². The van der Waals surface area contributed by atoms with E-state index in [1.165, 1.54) is 6.42 Å². The quantitative estimate of drug-likeness (QED) is 0.590. The van der Waals surface area contributed by atoms with Crippen molar-refractivity contribution >= 4 is 0 Å². The van der Waals surface area contributed by atoms with E-state index in [-0.39, 0.29) is 6.23 Å². The van der Waals surface area contributed by atoms with Crippen molar-refractivity contribution in [1.29, 1.82) is 0 Å². The predicted molar refractivity (Wildman–Crippen MR) is 45.2 cm³/mol. The van der Waals surface area contributed by atoms with Crippen molar-refractivity contribution in [2.45, 2.75) is 38.6 Å². The molecule has 0 aliphatic carbocycles. The number of rotatable bonds is 4. The highest BCUT2D eigenvalue weighted by atomic mass is 16.5. The van der Waals surface area contributed by atoms with Crippen molar-refractivity contribution in [3.8, 4) is 0 Å². The minimum absolute atomic E-state index is 0.285. The molecule has 11 heavy (non-hydrogen) atoms. The summed E-state index contributed by atoms with van der Waals surface area (Å²) in [6, 6.07) is 0. The van der Waals surface area contributed by atoms with E-state index in [4.69, 9.17) is 4.74 Å². The summed E-state index contributed by atoms with van der Waals surface area (Å²) in [5, 5.41) is 6.57. The second kappa shape index (κ2) is 4.70. The molecule has 0 radical (unpaired) electrons. The molecule has 3 heteroatoms. The van der Waals surface area contributed by atoms with Crippen LogP contribution in [0.4, 0.5) is 0 Å². The Kier molecular flexibility index (Phi) is 3.83. The van der Waals surface area contributed by atoms with Gasteiger partial charge in [-0.1, -0.05) is 6.92 Å². The predicted octanol–water partition coefficient (Wildman–Crippen LogP) is 0.668. The van der Waals surface area contributed by atoms with Gasteiger partial charge in [-0.15, -0.1) is 0 Å². The Morgan fingerprint density at radius 1 is 1.64 bits per heavy atom. The van der Waals surface area contributed by atoms with Crippen LogP contribution in [-0.2, 0) is 4.74 Å². The number of hydrogen-bond acceptors (Lipinski definition) is 3. The van der Waals surface area contributed by atoms with E-state index in [1.807, 2.05) is 7.05 Å². The molecule has 1 aliphatic rings. The van der Waals surface area contributed by atoms with E-state index < -0.39 is 0 Å². The Bertz CT molecular complexity index is 98.3. The molecular formula is C8H18N2O. The molecule has 0 aromatic carbocycles. The highest BCUT2D eigenvalue weighted by molar-refractivity contribution is 4.67. The normalized spacial score (nSPS) is 27.3. The van der Waals surface area contributed by atoms with Gasteiger partial charge < -0.3 is 10.1 Å². The van der Waals surface area contributed by atoms with Gasteiger partial charge in [0, 0.05) is 6.61 Å². The van der Waals surface area contributed by atoms with Crippen LogP contribution in [0.2, 0.25) is 0 Å². The molecule has 0 aromatic heterocycles. The van der Waals surface area contributed by atoms with Gasteiger partial charge in [0.25, 0.3) is 0 Å². The maximum atomic E-state index is 5.44. The number of ether oxygens (including phenoxy) is 1. The fraction of sp³-hybridized carbons (Fsp3) is 1.00. The summed E-state index contributed by atoms with van der Waals surface area (Å²) in [7, 11) is 1.97. The van der Waals surface area contributed by atoms with E-state index in [0.717, 1.165) is 19.4 Å². The lowest BCUT2D eigenvalue weighted by Crippen LogP contribution is -2.45. The largest absolute Gasteiger partial charge is 0.363 e. The maximum absolute atomic E-state index is 5.44. The van der Waals surface area contributed by atoms with Crippen LogP contribution in [0.3, 0.4) is 0 Å². The van der Waals surface area contributed by atoms with Crippen molar-refractivity contribution in [2.24, 2.45) is 0 Å². The Morgan fingerprint density at radius 3 is 2.91 bits per heavy atom. The van der Waals surface area contributed by atoms with E-state index in [9.17, 15) is 0 Å². The lowest BCUT2D eigenvalue weighted by molar-refractivity contribution is 0.0698. The lowest BCUT2D eigenvalue weighted by Gasteiger charge is -2.20. The van der Waals surface area contributed by atoms with Gasteiger partial charge in [0.1, 0.15) is 6.23 Å². The first-order valence-corrected chi connectivity index (χ1v) is 4.41. The molecule has 1 saturated heterocycles. The van der Waals surface area contributed by atoms with E-state index in [0.29, 0.717) is 6.17 Å². The summed E-state index contributed by atoms with van der Waals surface area (Å²) in [5.74, 6) is 0. The average Bonchev–Trinajstić information content (AvgIpc) is 2.52. The topological polar surface area (TPSA) is 33.3 Å². The zero-order chi connectivity index (χ0) is 8.10. The van der Waals surface area contributed by atoms with Crippen LogP contribution in [0.1, 0.15) is 26.2 Å². The molecule has 66 valence electrons. The molecule has 0 aromatic rings. The van der Waals surface area contributed by atoms with Crippen LogP contribution < -0.4 is 10.6 Å².